The smallest absolute Gasteiger partial charge is 0.0297 e. The molecule has 1 aromatic rings. The molecule has 3 unspecified atom stereocenters. The van der Waals surface area contributed by atoms with E-state index in [9.17, 15) is 0 Å². The van der Waals surface area contributed by atoms with Gasteiger partial charge in [-0.25, -0.2) is 0 Å². The lowest BCUT2D eigenvalue weighted by Crippen LogP contribution is -2.30. The van der Waals surface area contributed by atoms with Gasteiger partial charge >= 0.3 is 0 Å². The Morgan fingerprint density at radius 3 is 2.55 bits per heavy atom. The van der Waals surface area contributed by atoms with Crippen LogP contribution < -0.4 is 5.32 Å². The summed E-state index contributed by atoms with van der Waals surface area (Å²) in [6.07, 6.45) is 4.06. The minimum atomic E-state index is 0.463. The lowest BCUT2D eigenvalue weighted by Gasteiger charge is -2.22. The van der Waals surface area contributed by atoms with Gasteiger partial charge in [-0.2, -0.15) is 11.8 Å². The number of rotatable bonds is 5. The molecule has 1 fully saturated rings. The summed E-state index contributed by atoms with van der Waals surface area (Å²) in [5, 5.41) is 4.74. The van der Waals surface area contributed by atoms with Crippen molar-refractivity contribution in [1.82, 2.24) is 5.32 Å². The molecule has 20 heavy (non-hydrogen) atoms. The summed E-state index contributed by atoms with van der Waals surface area (Å²) >= 11 is 2.13. The Morgan fingerprint density at radius 2 is 1.85 bits per heavy atom. The largest absolute Gasteiger partial charge is 0.307 e. The maximum atomic E-state index is 3.86. The summed E-state index contributed by atoms with van der Waals surface area (Å²) in [6, 6.07) is 5.86. The molecule has 2 rings (SSSR count). The fraction of sp³-hybridized carbons (Fsp3) is 0.667. The Bertz CT molecular complexity index is 455. The Balaban J connectivity index is 1.99. The van der Waals surface area contributed by atoms with Crippen molar-refractivity contribution in [3.8, 4) is 0 Å². The van der Waals surface area contributed by atoms with Gasteiger partial charge in [0.2, 0.25) is 0 Å². The van der Waals surface area contributed by atoms with Gasteiger partial charge in [0.1, 0.15) is 0 Å². The third-order valence-corrected chi connectivity index (χ3v) is 5.85. The van der Waals surface area contributed by atoms with E-state index in [-0.39, 0.29) is 0 Å². The van der Waals surface area contributed by atoms with Crippen molar-refractivity contribution in [3.63, 3.8) is 0 Å². The lowest BCUT2D eigenvalue weighted by atomic mass is 9.96. The SMILES string of the molecule is CCSC1CCC(NC(C)c2cc(C)c(C)cc2C)C1. The molecule has 1 aliphatic carbocycles. The molecule has 1 nitrogen and oxygen atoms in total. The molecule has 0 aliphatic heterocycles. The highest BCUT2D eigenvalue weighted by Gasteiger charge is 2.26. The Hall–Kier alpha value is -0.470. The van der Waals surface area contributed by atoms with Crippen LogP contribution in [0.1, 0.15) is 61.4 Å². The maximum absolute atomic E-state index is 3.86. The van der Waals surface area contributed by atoms with Crippen LogP contribution in [0.3, 0.4) is 0 Å². The van der Waals surface area contributed by atoms with E-state index in [0.717, 1.165) is 5.25 Å². The second-order valence-corrected chi connectivity index (χ2v) is 7.85. The first-order valence-electron chi connectivity index (χ1n) is 7.96. The molecule has 0 spiro atoms. The summed E-state index contributed by atoms with van der Waals surface area (Å²) in [7, 11) is 0. The van der Waals surface area contributed by atoms with Crippen molar-refractivity contribution in [3.05, 3.63) is 34.4 Å². The molecule has 3 atom stereocenters. The van der Waals surface area contributed by atoms with Gasteiger partial charge in [-0.05, 0) is 75.0 Å². The minimum Gasteiger partial charge on any atom is -0.307 e. The van der Waals surface area contributed by atoms with E-state index in [0.29, 0.717) is 12.1 Å². The fourth-order valence-corrected chi connectivity index (χ4v) is 4.51. The third kappa shape index (κ3) is 3.79. The van der Waals surface area contributed by atoms with Crippen LogP contribution in [0.4, 0.5) is 0 Å². The zero-order valence-corrected chi connectivity index (χ0v) is 14.4. The first-order chi connectivity index (χ1) is 9.51. The van der Waals surface area contributed by atoms with Crippen LogP contribution in [0.15, 0.2) is 12.1 Å². The predicted octanol–water partition coefficient (Wildman–Crippen LogP) is 4.94. The second kappa shape index (κ2) is 7.00. The molecule has 112 valence electrons. The fourth-order valence-electron chi connectivity index (χ4n) is 3.37. The normalized spacial score (nSPS) is 24.1. The van der Waals surface area contributed by atoms with Crippen molar-refractivity contribution >= 4 is 11.8 Å². The molecule has 1 aliphatic rings. The van der Waals surface area contributed by atoms with Gasteiger partial charge in [-0.3, -0.25) is 0 Å². The average Bonchev–Trinajstić information content (AvgIpc) is 2.81. The molecule has 1 saturated carbocycles. The number of aryl methyl sites for hydroxylation is 3. The maximum Gasteiger partial charge on any atom is 0.0297 e. The van der Waals surface area contributed by atoms with Crippen LogP contribution in [0, 0.1) is 20.8 Å². The molecular formula is C18H29NS. The standard InChI is InChI=1S/C18H29NS/c1-6-20-17-8-7-16(11-17)19-15(5)18-10-13(3)12(2)9-14(18)4/h9-10,15-17,19H,6-8,11H2,1-5H3. The van der Waals surface area contributed by atoms with E-state index < -0.39 is 0 Å². The molecular weight excluding hydrogens is 262 g/mol. The van der Waals surface area contributed by atoms with Crippen LogP contribution in [0.5, 0.6) is 0 Å². The topological polar surface area (TPSA) is 12.0 Å². The van der Waals surface area contributed by atoms with Gasteiger partial charge in [-0.15, -0.1) is 0 Å². The van der Waals surface area contributed by atoms with Gasteiger partial charge in [0.15, 0.2) is 0 Å². The Kier molecular flexibility index (Phi) is 5.57. The van der Waals surface area contributed by atoms with Crippen molar-refractivity contribution in [2.75, 3.05) is 5.75 Å². The van der Waals surface area contributed by atoms with Gasteiger partial charge in [0.25, 0.3) is 0 Å². The average molecular weight is 292 g/mol. The molecule has 0 saturated heterocycles. The summed E-state index contributed by atoms with van der Waals surface area (Å²) in [5.41, 5.74) is 5.70. The third-order valence-electron chi connectivity index (χ3n) is 4.62. The highest BCUT2D eigenvalue weighted by Crippen LogP contribution is 2.31. The number of nitrogens with one attached hydrogen (secondary N) is 1. The number of hydrogen-bond acceptors (Lipinski definition) is 2. The number of hydrogen-bond donors (Lipinski definition) is 1. The highest BCUT2D eigenvalue weighted by molar-refractivity contribution is 7.99. The van der Waals surface area contributed by atoms with Crippen LogP contribution in [0.25, 0.3) is 0 Å². The monoisotopic (exact) mass is 291 g/mol. The molecule has 0 amide bonds. The van der Waals surface area contributed by atoms with E-state index in [1.165, 1.54) is 47.3 Å². The minimum absolute atomic E-state index is 0.463. The first kappa shape index (κ1) is 15.9. The van der Waals surface area contributed by atoms with Crippen molar-refractivity contribution in [2.45, 2.75) is 71.2 Å². The number of benzene rings is 1. The van der Waals surface area contributed by atoms with E-state index in [4.69, 9.17) is 0 Å². The molecule has 0 aromatic heterocycles. The predicted molar refractivity (Wildman–Crippen MR) is 91.8 cm³/mol. The van der Waals surface area contributed by atoms with Crippen LogP contribution >= 0.6 is 11.8 Å². The van der Waals surface area contributed by atoms with Crippen LogP contribution in [-0.4, -0.2) is 17.0 Å². The molecule has 1 aromatic carbocycles. The molecule has 0 heterocycles. The Morgan fingerprint density at radius 1 is 1.15 bits per heavy atom. The molecule has 1 N–H and O–H groups in total. The lowest BCUT2D eigenvalue weighted by molar-refractivity contribution is 0.461. The van der Waals surface area contributed by atoms with Crippen LogP contribution in [-0.2, 0) is 0 Å². The van der Waals surface area contributed by atoms with E-state index in [1.807, 2.05) is 0 Å². The van der Waals surface area contributed by atoms with E-state index in [2.05, 4.69) is 63.8 Å². The van der Waals surface area contributed by atoms with Gasteiger partial charge in [-0.1, -0.05) is 19.1 Å². The number of thioether (sulfide) groups is 1. The second-order valence-electron chi connectivity index (χ2n) is 6.27. The highest BCUT2D eigenvalue weighted by atomic mass is 32.2. The summed E-state index contributed by atoms with van der Waals surface area (Å²) < 4.78 is 0. The zero-order valence-electron chi connectivity index (χ0n) is 13.6. The van der Waals surface area contributed by atoms with Gasteiger partial charge in [0.05, 0.1) is 0 Å². The van der Waals surface area contributed by atoms with Crippen molar-refractivity contribution < 1.29 is 0 Å². The zero-order chi connectivity index (χ0) is 14.7. The molecule has 2 heteroatoms. The quantitative estimate of drug-likeness (QED) is 0.825. The molecule has 0 radical (unpaired) electrons. The molecule has 0 bridgehead atoms. The van der Waals surface area contributed by atoms with Crippen molar-refractivity contribution in [2.24, 2.45) is 0 Å². The summed E-state index contributed by atoms with van der Waals surface area (Å²) in [4.78, 5) is 0. The Labute approximate surface area is 128 Å². The summed E-state index contributed by atoms with van der Waals surface area (Å²) in [6.45, 7) is 11.2. The van der Waals surface area contributed by atoms with Crippen LogP contribution in [0.2, 0.25) is 0 Å². The van der Waals surface area contributed by atoms with Crippen molar-refractivity contribution in [1.29, 1.82) is 0 Å². The summed E-state index contributed by atoms with van der Waals surface area (Å²) in [5.74, 6) is 1.25. The van der Waals surface area contributed by atoms with Gasteiger partial charge in [0, 0.05) is 17.3 Å². The van der Waals surface area contributed by atoms with E-state index >= 15 is 0 Å². The first-order valence-corrected chi connectivity index (χ1v) is 9.01. The van der Waals surface area contributed by atoms with E-state index in [1.54, 1.807) is 0 Å². The van der Waals surface area contributed by atoms with Gasteiger partial charge < -0.3 is 5.32 Å².